The van der Waals surface area contributed by atoms with Crippen molar-refractivity contribution in [3.63, 3.8) is 0 Å². The fraction of sp³-hybridized carbons (Fsp3) is 1.00. The van der Waals surface area contributed by atoms with E-state index in [9.17, 15) is 0 Å². The predicted molar refractivity (Wildman–Crippen MR) is 81.6 cm³/mol. The summed E-state index contributed by atoms with van der Waals surface area (Å²) in [6, 6.07) is 0.291. The minimum atomic E-state index is -1.54. The van der Waals surface area contributed by atoms with Crippen molar-refractivity contribution in [1.29, 1.82) is 5.16 Å². The van der Waals surface area contributed by atoms with Crippen molar-refractivity contribution in [3.05, 3.63) is 0 Å². The molecule has 0 aliphatic heterocycles. The predicted octanol–water partition coefficient (Wildman–Crippen LogP) is 1.08. The molecule has 7 nitrogen and oxygen atoms in total. The molecule has 8 heteroatoms. The molecule has 0 saturated carbocycles. The molecule has 0 aromatic rings. The molecular weight excluding hydrogens is 281 g/mol. The first-order chi connectivity index (χ1) is 9.60. The molecule has 0 spiro atoms. The Morgan fingerprint density at radius 3 is 1.60 bits per heavy atom. The summed E-state index contributed by atoms with van der Waals surface area (Å²) in [7, 11) is 1.75. The third-order valence-electron chi connectivity index (χ3n) is 2.38. The summed E-state index contributed by atoms with van der Waals surface area (Å²) < 4.78 is 20.6. The molecule has 0 bridgehead atoms. The summed E-state index contributed by atoms with van der Waals surface area (Å²) >= 11 is 0. The van der Waals surface area contributed by atoms with Gasteiger partial charge in [-0.3, -0.25) is 15.3 Å². The normalized spacial score (nSPS) is 16.0. The largest absolute Gasteiger partial charge is 0.382 e. The number of hydrogen-bond acceptors (Lipinski definition) is 5. The first-order valence-electron chi connectivity index (χ1n) is 6.85. The lowest BCUT2D eigenvalue weighted by molar-refractivity contribution is 0.0627. The van der Waals surface area contributed by atoms with Crippen LogP contribution in [0.3, 0.4) is 0 Å². The SMILES string of the molecule is COCCOCC(C)N[PH](=N)NC(C)COCCOC. The maximum absolute atomic E-state index is 7.99. The second kappa shape index (κ2) is 13.9. The average molecular weight is 311 g/mol. The highest BCUT2D eigenvalue weighted by atomic mass is 31.1. The maximum atomic E-state index is 7.99. The molecule has 0 aliphatic carbocycles. The van der Waals surface area contributed by atoms with Crippen LogP contribution in [-0.2, 0) is 18.9 Å². The summed E-state index contributed by atoms with van der Waals surface area (Å²) in [5, 5.41) is 14.4. The zero-order valence-electron chi connectivity index (χ0n) is 13.0. The van der Waals surface area contributed by atoms with Gasteiger partial charge >= 0.3 is 0 Å². The van der Waals surface area contributed by atoms with Gasteiger partial charge in [-0.15, -0.1) is 0 Å². The highest BCUT2D eigenvalue weighted by Gasteiger charge is 2.07. The van der Waals surface area contributed by atoms with Crippen LogP contribution in [0.2, 0.25) is 0 Å². The lowest BCUT2D eigenvalue weighted by Gasteiger charge is -2.20. The van der Waals surface area contributed by atoms with Crippen LogP contribution in [0.5, 0.6) is 0 Å². The quantitative estimate of drug-likeness (QED) is 0.329. The second-order valence-electron chi connectivity index (χ2n) is 4.60. The standard InChI is InChI=1S/C12H30N3O4P/c1-11(9-18-7-5-16-3)14-20(13)15-12(2)10-19-8-6-17-4/h11-12,20H,5-10H2,1-4H3,(H3,13,14,15). The van der Waals surface area contributed by atoms with Crippen molar-refractivity contribution in [2.45, 2.75) is 25.9 Å². The van der Waals surface area contributed by atoms with Gasteiger partial charge in [0.15, 0.2) is 0 Å². The van der Waals surface area contributed by atoms with Gasteiger partial charge < -0.3 is 18.9 Å². The van der Waals surface area contributed by atoms with E-state index in [2.05, 4.69) is 10.2 Å². The lowest BCUT2D eigenvalue weighted by atomic mass is 10.4. The second-order valence-corrected chi connectivity index (χ2v) is 5.93. The fourth-order valence-corrected chi connectivity index (χ4v) is 2.66. The first kappa shape index (κ1) is 20.0. The summed E-state index contributed by atoms with van der Waals surface area (Å²) in [6.45, 7) is 7.53. The lowest BCUT2D eigenvalue weighted by Crippen LogP contribution is -2.33. The molecule has 20 heavy (non-hydrogen) atoms. The zero-order valence-corrected chi connectivity index (χ0v) is 14.0. The Labute approximate surface area is 123 Å². The number of rotatable bonds is 14. The molecular formula is C12H30N3O4P. The molecule has 2 atom stereocenters. The van der Waals surface area contributed by atoms with Crippen LogP contribution in [0.25, 0.3) is 0 Å². The van der Waals surface area contributed by atoms with Crippen molar-refractivity contribution >= 4 is 8.01 Å². The molecule has 3 N–H and O–H groups in total. The van der Waals surface area contributed by atoms with Crippen molar-refractivity contribution < 1.29 is 18.9 Å². The monoisotopic (exact) mass is 311 g/mol. The van der Waals surface area contributed by atoms with Gasteiger partial charge in [0.05, 0.1) is 47.7 Å². The average Bonchev–Trinajstić information content (AvgIpc) is 2.39. The minimum Gasteiger partial charge on any atom is -0.382 e. The zero-order chi connectivity index (χ0) is 15.2. The number of ether oxygens (including phenoxy) is 4. The third kappa shape index (κ3) is 13.0. The van der Waals surface area contributed by atoms with Gasteiger partial charge in [-0.1, -0.05) is 0 Å². The van der Waals surface area contributed by atoms with Crippen LogP contribution in [0.1, 0.15) is 13.8 Å². The van der Waals surface area contributed by atoms with Gasteiger partial charge in [0, 0.05) is 26.3 Å². The molecule has 0 aromatic carbocycles. The smallest absolute Gasteiger partial charge is 0.0765 e. The van der Waals surface area contributed by atoms with E-state index in [1.807, 2.05) is 13.8 Å². The van der Waals surface area contributed by atoms with Crippen LogP contribution in [-0.4, -0.2) is 65.9 Å². The van der Waals surface area contributed by atoms with Crippen LogP contribution < -0.4 is 10.2 Å². The van der Waals surface area contributed by atoms with Crippen LogP contribution >= 0.6 is 8.01 Å². The number of hydrogen-bond donors (Lipinski definition) is 3. The fourth-order valence-electron chi connectivity index (χ4n) is 1.42. The van der Waals surface area contributed by atoms with Crippen LogP contribution in [0.4, 0.5) is 0 Å². The van der Waals surface area contributed by atoms with Crippen LogP contribution in [0.15, 0.2) is 0 Å². The molecule has 0 amide bonds. The molecule has 0 rings (SSSR count). The molecule has 0 radical (unpaired) electrons. The van der Waals surface area contributed by atoms with E-state index >= 15 is 0 Å². The Morgan fingerprint density at radius 2 is 1.25 bits per heavy atom. The van der Waals surface area contributed by atoms with E-state index in [0.29, 0.717) is 39.6 Å². The van der Waals surface area contributed by atoms with Crippen molar-refractivity contribution in [2.24, 2.45) is 0 Å². The highest BCUT2D eigenvalue weighted by Crippen LogP contribution is 2.12. The third-order valence-corrected chi connectivity index (χ3v) is 3.94. The molecule has 0 fully saturated rings. The van der Waals surface area contributed by atoms with E-state index in [0.717, 1.165) is 0 Å². The summed E-state index contributed by atoms with van der Waals surface area (Å²) in [5.74, 6) is 0. The van der Waals surface area contributed by atoms with Crippen LogP contribution in [0, 0.1) is 5.16 Å². The Bertz CT molecular complexity index is 225. The highest BCUT2D eigenvalue weighted by molar-refractivity contribution is 7.41. The van der Waals surface area contributed by atoms with Gasteiger partial charge in [0.2, 0.25) is 0 Å². The van der Waals surface area contributed by atoms with Gasteiger partial charge in [-0.2, -0.15) is 0 Å². The minimum absolute atomic E-state index is 0.146. The summed E-state index contributed by atoms with van der Waals surface area (Å²) in [5.41, 5.74) is 0. The van der Waals surface area contributed by atoms with E-state index < -0.39 is 8.01 Å². The molecule has 122 valence electrons. The van der Waals surface area contributed by atoms with Crippen molar-refractivity contribution in [2.75, 3.05) is 53.9 Å². The molecule has 0 aromatic heterocycles. The number of methoxy groups -OCH3 is 2. The first-order valence-corrected chi connectivity index (χ1v) is 8.35. The van der Waals surface area contributed by atoms with E-state index in [-0.39, 0.29) is 12.1 Å². The van der Waals surface area contributed by atoms with Gasteiger partial charge in [-0.05, 0) is 13.8 Å². The van der Waals surface area contributed by atoms with Gasteiger partial charge in [0.1, 0.15) is 0 Å². The molecule has 0 saturated heterocycles. The summed E-state index contributed by atoms with van der Waals surface area (Å²) in [6.07, 6.45) is 0. The molecule has 0 aliphatic rings. The number of nitrogens with one attached hydrogen (secondary N) is 3. The maximum Gasteiger partial charge on any atom is 0.0765 e. The molecule has 2 unspecified atom stereocenters. The topological polar surface area (TPSA) is 84.8 Å². The Hall–Kier alpha value is -0.0100. The van der Waals surface area contributed by atoms with E-state index in [4.69, 9.17) is 24.1 Å². The van der Waals surface area contributed by atoms with E-state index in [1.54, 1.807) is 14.2 Å². The molecule has 0 heterocycles. The summed E-state index contributed by atoms with van der Waals surface area (Å²) in [4.78, 5) is 0. The Morgan fingerprint density at radius 1 is 0.850 bits per heavy atom. The van der Waals surface area contributed by atoms with Gasteiger partial charge in [0.25, 0.3) is 0 Å². The Kier molecular flexibility index (Phi) is 13.9. The van der Waals surface area contributed by atoms with Crippen molar-refractivity contribution in [3.8, 4) is 0 Å². The Balaban J connectivity index is 3.59. The van der Waals surface area contributed by atoms with E-state index in [1.165, 1.54) is 0 Å². The van der Waals surface area contributed by atoms with Gasteiger partial charge in [-0.25, -0.2) is 0 Å². The van der Waals surface area contributed by atoms with Crippen molar-refractivity contribution in [1.82, 2.24) is 10.2 Å².